The molecule has 4 rings (SSSR count). The molecule has 4 nitrogen and oxygen atoms in total. The number of nitrogens with zero attached hydrogens (tertiary/aromatic N) is 1. The smallest absolute Gasteiger partial charge is 0.171 e. The lowest BCUT2D eigenvalue weighted by molar-refractivity contribution is 0.111. The summed E-state index contributed by atoms with van der Waals surface area (Å²) in [6, 6.07) is 12.7. The van der Waals surface area contributed by atoms with E-state index in [9.17, 15) is 13.6 Å². The summed E-state index contributed by atoms with van der Waals surface area (Å²) in [5.41, 5.74) is 2.92. The molecule has 6 heteroatoms. The SMILES string of the molecule is CCc1c[nH]c2ccc(F)cc12.O=Cc1cc(Cc2ccccc2F)on1. The van der Waals surface area contributed by atoms with Crippen molar-refractivity contribution in [3.05, 3.63) is 88.9 Å². The third-order valence-corrected chi connectivity index (χ3v) is 4.13. The predicted octanol–water partition coefficient (Wildman–Crippen LogP) is 5.09. The lowest BCUT2D eigenvalue weighted by atomic mass is 10.1. The molecule has 0 aliphatic carbocycles. The van der Waals surface area contributed by atoms with Crippen LogP contribution in [-0.4, -0.2) is 16.4 Å². The molecule has 0 aliphatic rings. The molecule has 0 aliphatic heterocycles. The number of aromatic amines is 1. The molecule has 138 valence electrons. The van der Waals surface area contributed by atoms with E-state index in [1.807, 2.05) is 6.20 Å². The Kier molecular flexibility index (Phi) is 5.76. The second-order valence-electron chi connectivity index (χ2n) is 5.96. The van der Waals surface area contributed by atoms with E-state index < -0.39 is 0 Å². The van der Waals surface area contributed by atoms with Crippen molar-refractivity contribution in [2.24, 2.45) is 0 Å². The molecule has 1 N–H and O–H groups in total. The van der Waals surface area contributed by atoms with Crippen molar-refractivity contribution in [1.82, 2.24) is 10.1 Å². The molecule has 2 aromatic heterocycles. The zero-order valence-corrected chi connectivity index (χ0v) is 14.7. The topological polar surface area (TPSA) is 58.9 Å². The van der Waals surface area contributed by atoms with E-state index in [0.29, 0.717) is 24.0 Å². The number of aldehydes is 1. The molecule has 0 bridgehead atoms. The minimum atomic E-state index is -0.290. The molecule has 0 unspecified atom stereocenters. The summed E-state index contributed by atoms with van der Waals surface area (Å²) >= 11 is 0. The van der Waals surface area contributed by atoms with Gasteiger partial charge in [-0.05, 0) is 41.8 Å². The first-order valence-corrected chi connectivity index (χ1v) is 8.50. The van der Waals surface area contributed by atoms with E-state index in [2.05, 4.69) is 17.1 Å². The molecule has 0 spiro atoms. The molecule has 2 heterocycles. The number of H-pyrrole nitrogens is 1. The molecule has 0 atom stereocenters. The Labute approximate surface area is 154 Å². The third-order valence-electron chi connectivity index (χ3n) is 4.13. The highest BCUT2D eigenvalue weighted by Crippen LogP contribution is 2.19. The number of aromatic nitrogens is 2. The van der Waals surface area contributed by atoms with Crippen molar-refractivity contribution in [1.29, 1.82) is 0 Å². The maximum atomic E-state index is 13.2. The van der Waals surface area contributed by atoms with Gasteiger partial charge in [-0.25, -0.2) is 8.78 Å². The molecule has 0 saturated carbocycles. The maximum absolute atomic E-state index is 13.2. The summed E-state index contributed by atoms with van der Waals surface area (Å²) in [6.45, 7) is 2.06. The predicted molar refractivity (Wildman–Crippen MR) is 98.7 cm³/mol. The Morgan fingerprint density at radius 3 is 2.63 bits per heavy atom. The average molecular weight is 368 g/mol. The molecule has 0 radical (unpaired) electrons. The van der Waals surface area contributed by atoms with E-state index >= 15 is 0 Å². The molecular formula is C21H18F2N2O2. The van der Waals surface area contributed by atoms with Crippen LogP contribution in [0.1, 0.15) is 34.3 Å². The minimum absolute atomic E-state index is 0.170. The van der Waals surface area contributed by atoms with Crippen molar-refractivity contribution in [3.8, 4) is 0 Å². The minimum Gasteiger partial charge on any atom is -0.361 e. The normalized spacial score (nSPS) is 10.5. The van der Waals surface area contributed by atoms with Gasteiger partial charge in [0.05, 0.1) is 0 Å². The van der Waals surface area contributed by atoms with Crippen molar-refractivity contribution in [2.45, 2.75) is 19.8 Å². The van der Waals surface area contributed by atoms with Gasteiger partial charge in [0.1, 0.15) is 23.1 Å². The number of hydrogen-bond donors (Lipinski definition) is 1. The quantitative estimate of drug-likeness (QED) is 0.511. The van der Waals surface area contributed by atoms with Crippen LogP contribution < -0.4 is 0 Å². The lowest BCUT2D eigenvalue weighted by Crippen LogP contribution is -1.90. The van der Waals surface area contributed by atoms with Gasteiger partial charge in [-0.2, -0.15) is 0 Å². The van der Waals surface area contributed by atoms with E-state index in [4.69, 9.17) is 4.52 Å². The number of benzene rings is 2. The van der Waals surface area contributed by atoms with Crippen molar-refractivity contribution in [2.75, 3.05) is 0 Å². The van der Waals surface area contributed by atoms with E-state index in [1.54, 1.807) is 30.3 Å². The summed E-state index contributed by atoms with van der Waals surface area (Å²) in [5, 5.41) is 4.49. The molecule has 0 fully saturated rings. The fourth-order valence-electron chi connectivity index (χ4n) is 2.74. The Hall–Kier alpha value is -3.28. The van der Waals surface area contributed by atoms with Gasteiger partial charge in [-0.15, -0.1) is 0 Å². The van der Waals surface area contributed by atoms with Gasteiger partial charge >= 0.3 is 0 Å². The highest BCUT2D eigenvalue weighted by Gasteiger charge is 2.07. The van der Waals surface area contributed by atoms with Crippen molar-refractivity contribution < 1.29 is 18.1 Å². The average Bonchev–Trinajstić information content (AvgIpc) is 3.30. The summed E-state index contributed by atoms with van der Waals surface area (Å²) < 4.78 is 30.9. The van der Waals surface area contributed by atoms with Crippen LogP contribution in [0.15, 0.2) is 59.3 Å². The standard InChI is InChI=1S/C11H8FNO2.C10H10FN/c12-11-4-2-1-3-8(11)5-10-6-9(7-14)13-15-10;1-2-7-6-12-10-4-3-8(11)5-9(7)10/h1-4,6-7H,5H2;3-6,12H,2H2,1H3. The highest BCUT2D eigenvalue weighted by atomic mass is 19.1. The molecule has 27 heavy (non-hydrogen) atoms. The number of carbonyl (C=O) groups is 1. The van der Waals surface area contributed by atoms with E-state index in [1.165, 1.54) is 23.8 Å². The second-order valence-corrected chi connectivity index (χ2v) is 5.96. The van der Waals surface area contributed by atoms with Crippen LogP contribution in [0.3, 0.4) is 0 Å². The van der Waals surface area contributed by atoms with Crippen LogP contribution in [0, 0.1) is 11.6 Å². The van der Waals surface area contributed by atoms with Crippen molar-refractivity contribution >= 4 is 17.2 Å². The van der Waals surface area contributed by atoms with E-state index in [0.717, 1.165) is 17.3 Å². The monoisotopic (exact) mass is 368 g/mol. The largest absolute Gasteiger partial charge is 0.361 e. The van der Waals surface area contributed by atoms with Gasteiger partial charge in [-0.1, -0.05) is 30.3 Å². The summed E-state index contributed by atoms with van der Waals surface area (Å²) in [6.07, 6.45) is 3.76. The van der Waals surface area contributed by atoms with Crippen LogP contribution >= 0.6 is 0 Å². The summed E-state index contributed by atoms with van der Waals surface area (Å²) in [7, 11) is 0. The summed E-state index contributed by atoms with van der Waals surface area (Å²) in [4.78, 5) is 13.4. The number of hydrogen-bond acceptors (Lipinski definition) is 3. The number of fused-ring (bicyclic) bond motifs is 1. The van der Waals surface area contributed by atoms with Crippen LogP contribution in [-0.2, 0) is 12.8 Å². The van der Waals surface area contributed by atoms with Gasteiger partial charge in [-0.3, -0.25) is 4.79 Å². The lowest BCUT2D eigenvalue weighted by Gasteiger charge is -1.98. The summed E-state index contributed by atoms with van der Waals surface area (Å²) in [5.74, 6) is 0.0144. The van der Waals surface area contributed by atoms with Gasteiger partial charge < -0.3 is 9.51 Å². The fourth-order valence-corrected chi connectivity index (χ4v) is 2.74. The van der Waals surface area contributed by atoms with Gasteiger partial charge in [0.15, 0.2) is 6.29 Å². The number of halogens is 2. The first kappa shape index (κ1) is 18.5. The molecule has 0 amide bonds. The zero-order valence-electron chi connectivity index (χ0n) is 14.7. The van der Waals surface area contributed by atoms with Crippen LogP contribution in [0.2, 0.25) is 0 Å². The van der Waals surface area contributed by atoms with Gasteiger partial charge in [0.2, 0.25) is 0 Å². The number of aryl methyl sites for hydroxylation is 1. The fraction of sp³-hybridized carbons (Fsp3) is 0.143. The zero-order chi connectivity index (χ0) is 19.2. The Morgan fingerprint density at radius 2 is 1.93 bits per heavy atom. The highest BCUT2D eigenvalue weighted by molar-refractivity contribution is 5.83. The molecular weight excluding hydrogens is 350 g/mol. The third kappa shape index (κ3) is 4.47. The maximum Gasteiger partial charge on any atom is 0.171 e. The van der Waals surface area contributed by atoms with E-state index in [-0.39, 0.29) is 17.3 Å². The number of nitrogens with one attached hydrogen (secondary N) is 1. The van der Waals surface area contributed by atoms with Gasteiger partial charge in [0, 0.05) is 29.6 Å². The molecule has 4 aromatic rings. The van der Waals surface area contributed by atoms with Crippen LogP contribution in [0.5, 0.6) is 0 Å². The number of rotatable bonds is 4. The first-order chi connectivity index (χ1) is 13.1. The van der Waals surface area contributed by atoms with Crippen molar-refractivity contribution in [3.63, 3.8) is 0 Å². The van der Waals surface area contributed by atoms with Gasteiger partial charge in [0.25, 0.3) is 0 Å². The Bertz CT molecular complexity index is 1050. The molecule has 0 saturated heterocycles. The number of carbonyl (C=O) groups excluding carboxylic acids is 1. The van der Waals surface area contributed by atoms with Crippen LogP contribution in [0.25, 0.3) is 10.9 Å². The van der Waals surface area contributed by atoms with Crippen LogP contribution in [0.4, 0.5) is 8.78 Å². The Morgan fingerprint density at radius 1 is 1.11 bits per heavy atom. The Balaban J connectivity index is 0.000000159. The second kappa shape index (κ2) is 8.40. The molecule has 2 aromatic carbocycles. The first-order valence-electron chi connectivity index (χ1n) is 8.50.